The third-order valence-electron chi connectivity index (χ3n) is 1.55. The molecule has 0 aliphatic heterocycles. The van der Waals surface area contributed by atoms with Gasteiger partial charge in [-0.1, -0.05) is 20.8 Å². The van der Waals surface area contributed by atoms with E-state index in [4.69, 9.17) is 0 Å². The van der Waals surface area contributed by atoms with Gasteiger partial charge in [0.2, 0.25) is 0 Å². The molecule has 0 N–H and O–H groups in total. The van der Waals surface area contributed by atoms with Gasteiger partial charge in [0.25, 0.3) is 0 Å². The van der Waals surface area contributed by atoms with Gasteiger partial charge in [-0.15, -0.1) is 0 Å². The van der Waals surface area contributed by atoms with Crippen LogP contribution >= 0.6 is 11.8 Å². The molecule has 1 atom stereocenters. The zero-order chi connectivity index (χ0) is 11.0. The van der Waals surface area contributed by atoms with Crippen LogP contribution < -0.4 is 0 Å². The van der Waals surface area contributed by atoms with Crippen molar-refractivity contribution in [3.8, 4) is 0 Å². The average molecular weight is 216 g/mol. The molecule has 1 aromatic rings. The number of thioether (sulfide) groups is 1. The van der Waals surface area contributed by atoms with Crippen LogP contribution in [0, 0.1) is 5.82 Å². The van der Waals surface area contributed by atoms with E-state index in [9.17, 15) is 4.39 Å². The number of hydrogen-bond acceptors (Lipinski definition) is 3. The van der Waals surface area contributed by atoms with Crippen LogP contribution in [0.5, 0.6) is 0 Å². The SMILES string of the molecule is CC.CS[C@H](C)Cc1ncc(F)cn1. The highest BCUT2D eigenvalue weighted by Crippen LogP contribution is 2.09. The Balaban J connectivity index is 0.000000791. The molecular formula is C10H17FN2S. The Bertz CT molecular complexity index is 238. The van der Waals surface area contributed by atoms with Crippen molar-refractivity contribution in [1.29, 1.82) is 0 Å². The van der Waals surface area contributed by atoms with E-state index in [0.717, 1.165) is 6.42 Å². The first kappa shape index (κ1) is 13.4. The summed E-state index contributed by atoms with van der Waals surface area (Å²) < 4.78 is 12.4. The molecule has 0 fully saturated rings. The molecule has 1 aromatic heterocycles. The topological polar surface area (TPSA) is 25.8 Å². The lowest BCUT2D eigenvalue weighted by Gasteiger charge is -2.05. The lowest BCUT2D eigenvalue weighted by Crippen LogP contribution is -2.04. The van der Waals surface area contributed by atoms with Crippen LogP contribution in [-0.4, -0.2) is 21.5 Å². The molecule has 0 aliphatic carbocycles. The van der Waals surface area contributed by atoms with Crippen LogP contribution in [0.3, 0.4) is 0 Å². The zero-order valence-corrected chi connectivity index (χ0v) is 9.94. The Kier molecular flexibility index (Phi) is 7.38. The van der Waals surface area contributed by atoms with Gasteiger partial charge in [0.05, 0.1) is 12.4 Å². The molecular weight excluding hydrogens is 199 g/mol. The highest BCUT2D eigenvalue weighted by molar-refractivity contribution is 7.99. The Hall–Kier alpha value is -0.640. The Labute approximate surface area is 89.4 Å². The molecule has 1 rings (SSSR count). The smallest absolute Gasteiger partial charge is 0.159 e. The number of rotatable bonds is 3. The molecule has 0 saturated heterocycles. The molecule has 0 bridgehead atoms. The molecule has 1 heterocycles. The molecule has 80 valence electrons. The van der Waals surface area contributed by atoms with Crippen LogP contribution in [0.2, 0.25) is 0 Å². The largest absolute Gasteiger partial charge is 0.238 e. The Morgan fingerprint density at radius 3 is 2.29 bits per heavy atom. The molecule has 0 unspecified atom stereocenters. The lowest BCUT2D eigenvalue weighted by molar-refractivity contribution is 0.607. The first-order valence-corrected chi connectivity index (χ1v) is 6.00. The van der Waals surface area contributed by atoms with E-state index in [1.165, 1.54) is 12.4 Å². The zero-order valence-electron chi connectivity index (χ0n) is 9.12. The summed E-state index contributed by atoms with van der Waals surface area (Å²) in [5.41, 5.74) is 0. The van der Waals surface area contributed by atoms with Gasteiger partial charge >= 0.3 is 0 Å². The van der Waals surface area contributed by atoms with Crippen molar-refractivity contribution in [2.45, 2.75) is 32.4 Å². The summed E-state index contributed by atoms with van der Waals surface area (Å²) in [6, 6.07) is 0. The summed E-state index contributed by atoms with van der Waals surface area (Å²) in [5, 5.41) is 0.482. The maximum atomic E-state index is 12.4. The van der Waals surface area contributed by atoms with Crippen LogP contribution in [-0.2, 0) is 6.42 Å². The lowest BCUT2D eigenvalue weighted by atomic mass is 10.3. The fraction of sp³-hybridized carbons (Fsp3) is 0.600. The van der Waals surface area contributed by atoms with E-state index in [-0.39, 0.29) is 5.82 Å². The van der Waals surface area contributed by atoms with Gasteiger partial charge in [0, 0.05) is 11.7 Å². The summed E-state index contributed by atoms with van der Waals surface area (Å²) >= 11 is 1.75. The van der Waals surface area contributed by atoms with Gasteiger partial charge in [-0.3, -0.25) is 0 Å². The second-order valence-electron chi connectivity index (χ2n) is 2.57. The maximum absolute atomic E-state index is 12.4. The van der Waals surface area contributed by atoms with E-state index in [1.807, 2.05) is 20.1 Å². The quantitative estimate of drug-likeness (QED) is 0.777. The fourth-order valence-electron chi connectivity index (χ4n) is 0.785. The number of hydrogen-bond donors (Lipinski definition) is 0. The highest BCUT2D eigenvalue weighted by Gasteiger charge is 2.03. The second-order valence-corrected chi connectivity index (χ2v) is 3.84. The summed E-state index contributed by atoms with van der Waals surface area (Å²) in [7, 11) is 0. The minimum absolute atomic E-state index is 0.379. The first-order chi connectivity index (χ1) is 6.72. The van der Waals surface area contributed by atoms with Crippen molar-refractivity contribution in [1.82, 2.24) is 9.97 Å². The molecule has 0 amide bonds. The summed E-state index contributed by atoms with van der Waals surface area (Å²) in [6.45, 7) is 6.09. The van der Waals surface area contributed by atoms with Gasteiger partial charge in [0.1, 0.15) is 5.82 Å². The van der Waals surface area contributed by atoms with Gasteiger partial charge < -0.3 is 0 Å². The maximum Gasteiger partial charge on any atom is 0.159 e. The minimum Gasteiger partial charge on any atom is -0.238 e. The molecule has 0 aliphatic rings. The van der Waals surface area contributed by atoms with E-state index < -0.39 is 0 Å². The normalized spacial score (nSPS) is 11.5. The second kappa shape index (κ2) is 7.74. The van der Waals surface area contributed by atoms with Crippen LogP contribution in [0.4, 0.5) is 4.39 Å². The van der Waals surface area contributed by atoms with Crippen molar-refractivity contribution in [2.24, 2.45) is 0 Å². The van der Waals surface area contributed by atoms with Crippen LogP contribution in [0.1, 0.15) is 26.6 Å². The van der Waals surface area contributed by atoms with Crippen LogP contribution in [0.15, 0.2) is 12.4 Å². The molecule has 0 aromatic carbocycles. The predicted octanol–water partition coefficient (Wildman–Crippen LogP) is 2.94. The number of aromatic nitrogens is 2. The van der Waals surface area contributed by atoms with E-state index >= 15 is 0 Å². The summed E-state index contributed by atoms with van der Waals surface area (Å²) in [5.74, 6) is 0.328. The molecule has 14 heavy (non-hydrogen) atoms. The molecule has 0 saturated carbocycles. The van der Waals surface area contributed by atoms with Crippen LogP contribution in [0.25, 0.3) is 0 Å². The summed E-state index contributed by atoms with van der Waals surface area (Å²) in [6.07, 6.45) is 5.24. The fourth-order valence-corrected chi connectivity index (χ4v) is 1.10. The minimum atomic E-state index is -0.379. The Morgan fingerprint density at radius 1 is 1.36 bits per heavy atom. The third kappa shape index (κ3) is 5.17. The Morgan fingerprint density at radius 2 is 1.86 bits per heavy atom. The standard InChI is InChI=1S/C8H11FN2S.C2H6/c1-6(12-2)3-8-10-4-7(9)5-11-8;1-2/h4-6H,3H2,1-2H3;1-2H3/t6-;/m1./s1. The van der Waals surface area contributed by atoms with E-state index in [2.05, 4.69) is 16.9 Å². The summed E-state index contributed by atoms with van der Waals surface area (Å²) in [4.78, 5) is 7.73. The monoisotopic (exact) mass is 216 g/mol. The van der Waals surface area contributed by atoms with Gasteiger partial charge in [-0.2, -0.15) is 11.8 Å². The van der Waals surface area contributed by atoms with Crippen molar-refractivity contribution in [3.05, 3.63) is 24.0 Å². The predicted molar refractivity (Wildman–Crippen MR) is 60.0 cm³/mol. The van der Waals surface area contributed by atoms with Crippen molar-refractivity contribution in [2.75, 3.05) is 6.26 Å². The van der Waals surface area contributed by atoms with Gasteiger partial charge in [-0.25, -0.2) is 14.4 Å². The van der Waals surface area contributed by atoms with E-state index in [1.54, 1.807) is 11.8 Å². The number of halogens is 1. The average Bonchev–Trinajstić information content (AvgIpc) is 2.24. The van der Waals surface area contributed by atoms with Gasteiger partial charge in [-0.05, 0) is 6.26 Å². The van der Waals surface area contributed by atoms with E-state index in [0.29, 0.717) is 11.1 Å². The molecule has 0 spiro atoms. The molecule has 2 nitrogen and oxygen atoms in total. The van der Waals surface area contributed by atoms with Crippen molar-refractivity contribution >= 4 is 11.8 Å². The number of nitrogens with zero attached hydrogens (tertiary/aromatic N) is 2. The molecule has 0 radical (unpaired) electrons. The highest BCUT2D eigenvalue weighted by atomic mass is 32.2. The third-order valence-corrected chi connectivity index (χ3v) is 2.52. The first-order valence-electron chi connectivity index (χ1n) is 4.71. The van der Waals surface area contributed by atoms with Crippen molar-refractivity contribution in [3.63, 3.8) is 0 Å². The molecule has 4 heteroatoms. The van der Waals surface area contributed by atoms with Gasteiger partial charge in [0.15, 0.2) is 5.82 Å². The van der Waals surface area contributed by atoms with Crippen molar-refractivity contribution < 1.29 is 4.39 Å².